The number of piperidine rings is 1. The molecular formula is C19H25N3O4. The van der Waals surface area contributed by atoms with Crippen molar-refractivity contribution in [3.05, 3.63) is 45.1 Å². The van der Waals surface area contributed by atoms with Crippen LogP contribution in [-0.2, 0) is 16.0 Å². The fraction of sp³-hybridized carbons (Fsp3) is 0.579. The molecule has 2 saturated heterocycles. The SMILES string of the molecule is O=c1[nH]c2ccccc2c(=O)n1CCC1CCN(CC2OCCO2)CC1. The van der Waals surface area contributed by atoms with E-state index < -0.39 is 0 Å². The number of hydrogen-bond acceptors (Lipinski definition) is 5. The molecular weight excluding hydrogens is 334 g/mol. The van der Waals surface area contributed by atoms with E-state index >= 15 is 0 Å². The quantitative estimate of drug-likeness (QED) is 0.867. The van der Waals surface area contributed by atoms with Gasteiger partial charge >= 0.3 is 5.69 Å². The van der Waals surface area contributed by atoms with Gasteiger partial charge in [0.05, 0.1) is 24.1 Å². The number of hydrogen-bond donors (Lipinski definition) is 1. The molecule has 0 spiro atoms. The van der Waals surface area contributed by atoms with Crippen LogP contribution in [0.3, 0.4) is 0 Å². The van der Waals surface area contributed by atoms with E-state index in [9.17, 15) is 9.59 Å². The van der Waals surface area contributed by atoms with Crippen LogP contribution in [-0.4, -0.2) is 53.6 Å². The number of aromatic nitrogens is 2. The fourth-order valence-electron chi connectivity index (χ4n) is 3.89. The van der Waals surface area contributed by atoms with Crippen molar-refractivity contribution in [2.75, 3.05) is 32.8 Å². The Labute approximate surface area is 151 Å². The van der Waals surface area contributed by atoms with Crippen LogP contribution in [0, 0.1) is 5.92 Å². The van der Waals surface area contributed by atoms with Crippen molar-refractivity contribution < 1.29 is 9.47 Å². The lowest BCUT2D eigenvalue weighted by Gasteiger charge is -2.32. The number of nitrogens with zero attached hydrogens (tertiary/aromatic N) is 2. The van der Waals surface area contributed by atoms with Crippen LogP contribution in [0.4, 0.5) is 0 Å². The van der Waals surface area contributed by atoms with Gasteiger partial charge in [-0.05, 0) is 50.4 Å². The molecule has 2 aliphatic rings. The minimum atomic E-state index is -0.318. The van der Waals surface area contributed by atoms with Gasteiger partial charge in [0.25, 0.3) is 5.56 Å². The first-order valence-corrected chi connectivity index (χ1v) is 9.38. The molecule has 4 rings (SSSR count). The van der Waals surface area contributed by atoms with E-state index in [-0.39, 0.29) is 17.5 Å². The summed E-state index contributed by atoms with van der Waals surface area (Å²) in [4.78, 5) is 30.0. The normalized spacial score (nSPS) is 20.2. The third-order valence-electron chi connectivity index (χ3n) is 5.46. The van der Waals surface area contributed by atoms with Gasteiger partial charge in [0, 0.05) is 13.1 Å². The number of ether oxygens (including phenoxy) is 2. The van der Waals surface area contributed by atoms with Crippen LogP contribution < -0.4 is 11.2 Å². The van der Waals surface area contributed by atoms with Gasteiger partial charge in [-0.15, -0.1) is 0 Å². The van der Waals surface area contributed by atoms with Gasteiger partial charge in [-0.25, -0.2) is 4.79 Å². The molecule has 0 saturated carbocycles. The zero-order valence-corrected chi connectivity index (χ0v) is 14.9. The predicted molar refractivity (Wildman–Crippen MR) is 98.3 cm³/mol. The van der Waals surface area contributed by atoms with Crippen molar-refractivity contribution in [1.29, 1.82) is 0 Å². The molecule has 0 unspecified atom stereocenters. The predicted octanol–water partition coefficient (Wildman–Crippen LogP) is 1.16. The van der Waals surface area contributed by atoms with Crippen LogP contribution in [0.5, 0.6) is 0 Å². The summed E-state index contributed by atoms with van der Waals surface area (Å²) in [6.45, 7) is 4.70. The van der Waals surface area contributed by atoms with E-state index in [1.54, 1.807) is 12.1 Å². The van der Waals surface area contributed by atoms with Crippen LogP contribution >= 0.6 is 0 Å². The second-order valence-corrected chi connectivity index (χ2v) is 7.14. The largest absolute Gasteiger partial charge is 0.349 e. The highest BCUT2D eigenvalue weighted by Crippen LogP contribution is 2.21. The van der Waals surface area contributed by atoms with Gasteiger partial charge in [0.2, 0.25) is 0 Å². The summed E-state index contributed by atoms with van der Waals surface area (Å²) >= 11 is 0. The molecule has 1 N–H and O–H groups in total. The van der Waals surface area contributed by atoms with Crippen molar-refractivity contribution in [3.8, 4) is 0 Å². The molecule has 0 radical (unpaired) electrons. The number of benzene rings is 1. The number of rotatable bonds is 5. The fourth-order valence-corrected chi connectivity index (χ4v) is 3.89. The second-order valence-electron chi connectivity index (χ2n) is 7.14. The van der Waals surface area contributed by atoms with Gasteiger partial charge < -0.3 is 14.5 Å². The lowest BCUT2D eigenvalue weighted by molar-refractivity contribution is -0.0662. The number of likely N-dealkylation sites (tertiary alicyclic amines) is 1. The van der Waals surface area contributed by atoms with Crippen LogP contribution in [0.1, 0.15) is 19.3 Å². The summed E-state index contributed by atoms with van der Waals surface area (Å²) in [5.41, 5.74) is 0.0855. The van der Waals surface area contributed by atoms with Crippen LogP contribution in [0.15, 0.2) is 33.9 Å². The summed E-state index contributed by atoms with van der Waals surface area (Å²) in [6, 6.07) is 7.16. The highest BCUT2D eigenvalue weighted by atomic mass is 16.7. The molecule has 2 aliphatic heterocycles. The van der Waals surface area contributed by atoms with Crippen molar-refractivity contribution in [2.24, 2.45) is 5.92 Å². The Kier molecular flexibility index (Phi) is 5.19. The Morgan fingerprint density at radius 1 is 1.08 bits per heavy atom. The number of aromatic amines is 1. The van der Waals surface area contributed by atoms with E-state index in [0.717, 1.165) is 38.9 Å². The number of H-pyrrole nitrogens is 1. The minimum absolute atomic E-state index is 0.0821. The molecule has 140 valence electrons. The van der Waals surface area contributed by atoms with Crippen molar-refractivity contribution in [3.63, 3.8) is 0 Å². The maximum atomic E-state index is 12.6. The first kappa shape index (κ1) is 17.5. The number of para-hydroxylation sites is 1. The smallest absolute Gasteiger partial charge is 0.328 e. The lowest BCUT2D eigenvalue weighted by atomic mass is 9.93. The Bertz CT molecular complexity index is 861. The Balaban J connectivity index is 1.34. The van der Waals surface area contributed by atoms with Crippen LogP contribution in [0.2, 0.25) is 0 Å². The average molecular weight is 359 g/mol. The first-order valence-electron chi connectivity index (χ1n) is 9.38. The van der Waals surface area contributed by atoms with Crippen molar-refractivity contribution in [1.82, 2.24) is 14.5 Å². The number of fused-ring (bicyclic) bond motifs is 1. The van der Waals surface area contributed by atoms with Crippen molar-refractivity contribution in [2.45, 2.75) is 32.1 Å². The Morgan fingerprint density at radius 2 is 1.81 bits per heavy atom. The second kappa shape index (κ2) is 7.73. The average Bonchev–Trinajstić information content (AvgIpc) is 3.16. The minimum Gasteiger partial charge on any atom is -0.349 e. The standard InChI is InChI=1S/C19H25N3O4/c23-18-15-3-1-2-4-16(15)20-19(24)22(18)10-7-14-5-8-21(9-6-14)13-17-25-11-12-26-17/h1-4,14,17H,5-13H2,(H,20,24). The van der Waals surface area contributed by atoms with E-state index in [1.807, 2.05) is 12.1 Å². The highest BCUT2D eigenvalue weighted by molar-refractivity contribution is 5.76. The molecule has 0 aliphatic carbocycles. The Hall–Kier alpha value is -1.96. The molecule has 7 heteroatoms. The third-order valence-corrected chi connectivity index (χ3v) is 5.46. The molecule has 3 heterocycles. The molecule has 0 atom stereocenters. The van der Waals surface area contributed by atoms with Crippen molar-refractivity contribution >= 4 is 10.9 Å². The maximum Gasteiger partial charge on any atom is 0.328 e. The Morgan fingerprint density at radius 3 is 2.58 bits per heavy atom. The van der Waals surface area contributed by atoms with Gasteiger partial charge in [-0.1, -0.05) is 12.1 Å². The van der Waals surface area contributed by atoms with Gasteiger partial charge in [0.15, 0.2) is 6.29 Å². The third kappa shape index (κ3) is 3.75. The summed E-state index contributed by atoms with van der Waals surface area (Å²) < 4.78 is 12.4. The van der Waals surface area contributed by atoms with Gasteiger partial charge in [-0.2, -0.15) is 0 Å². The highest BCUT2D eigenvalue weighted by Gasteiger charge is 2.24. The molecule has 2 aromatic rings. The van der Waals surface area contributed by atoms with Gasteiger partial charge in [-0.3, -0.25) is 14.3 Å². The zero-order valence-electron chi connectivity index (χ0n) is 14.9. The zero-order chi connectivity index (χ0) is 17.9. The summed E-state index contributed by atoms with van der Waals surface area (Å²) in [5, 5.41) is 0.568. The van der Waals surface area contributed by atoms with E-state index in [2.05, 4.69) is 9.88 Å². The molecule has 1 aromatic heterocycles. The van der Waals surface area contributed by atoms with E-state index in [4.69, 9.17) is 9.47 Å². The molecule has 7 nitrogen and oxygen atoms in total. The summed E-state index contributed by atoms with van der Waals surface area (Å²) in [5.74, 6) is 0.537. The van der Waals surface area contributed by atoms with Gasteiger partial charge in [0.1, 0.15) is 0 Å². The van der Waals surface area contributed by atoms with E-state index in [1.165, 1.54) is 4.57 Å². The molecule has 2 fully saturated rings. The maximum absolute atomic E-state index is 12.6. The summed E-state index contributed by atoms with van der Waals surface area (Å²) in [6.07, 6.45) is 2.92. The topological polar surface area (TPSA) is 76.6 Å². The molecule has 0 amide bonds. The van der Waals surface area contributed by atoms with E-state index in [0.29, 0.717) is 36.6 Å². The summed E-state index contributed by atoms with van der Waals surface area (Å²) in [7, 11) is 0. The molecule has 1 aromatic carbocycles. The molecule has 0 bridgehead atoms. The lowest BCUT2D eigenvalue weighted by Crippen LogP contribution is -2.40. The van der Waals surface area contributed by atoms with Crippen LogP contribution in [0.25, 0.3) is 10.9 Å². The monoisotopic (exact) mass is 359 g/mol. The molecule has 26 heavy (non-hydrogen) atoms. The number of nitrogens with one attached hydrogen (secondary N) is 1. The first-order chi connectivity index (χ1) is 12.7.